The number of sulfonamides is 1. The first-order chi connectivity index (χ1) is 11.1. The molecule has 2 aromatic rings. The summed E-state index contributed by atoms with van der Waals surface area (Å²) in [5.41, 5.74) is 1.80. The van der Waals surface area contributed by atoms with Crippen molar-refractivity contribution in [3.63, 3.8) is 0 Å². The number of imidazole rings is 1. The van der Waals surface area contributed by atoms with E-state index in [0.717, 1.165) is 36.4 Å². The molecule has 0 radical (unpaired) electrons. The van der Waals surface area contributed by atoms with E-state index >= 15 is 0 Å². The van der Waals surface area contributed by atoms with Crippen LogP contribution in [0.15, 0.2) is 36.7 Å². The van der Waals surface area contributed by atoms with Crippen molar-refractivity contribution in [1.82, 2.24) is 14.7 Å². The molecule has 2 N–H and O–H groups in total. The minimum atomic E-state index is -3.33. The third-order valence-corrected chi connectivity index (χ3v) is 5.46. The monoisotopic (exact) mass is 335 g/mol. The molecule has 1 fully saturated rings. The maximum atomic E-state index is 12.3. The largest absolute Gasteiger partial charge is 0.381 e. The molecule has 1 unspecified atom stereocenters. The summed E-state index contributed by atoms with van der Waals surface area (Å²) in [6.07, 6.45) is 5.27. The molecule has 0 aliphatic carbocycles. The highest BCUT2D eigenvalue weighted by Gasteiger charge is 2.22. The molecule has 0 bridgehead atoms. The molecule has 124 valence electrons. The van der Waals surface area contributed by atoms with E-state index in [1.54, 1.807) is 12.4 Å². The number of aromatic nitrogens is 2. The molecular weight excluding hydrogens is 314 g/mol. The number of hydrogen-bond donors (Lipinski definition) is 2. The first-order valence-electron chi connectivity index (χ1n) is 7.77. The van der Waals surface area contributed by atoms with E-state index in [-0.39, 0.29) is 18.2 Å². The number of nitrogens with zero attached hydrogens (tertiary/aromatic N) is 1. The zero-order valence-electron chi connectivity index (χ0n) is 12.9. The highest BCUT2D eigenvalue weighted by Crippen LogP contribution is 2.20. The average molecular weight is 335 g/mol. The van der Waals surface area contributed by atoms with Crippen molar-refractivity contribution in [2.24, 2.45) is 5.92 Å². The van der Waals surface area contributed by atoms with Gasteiger partial charge >= 0.3 is 0 Å². The van der Waals surface area contributed by atoms with Crippen LogP contribution in [-0.4, -0.2) is 37.4 Å². The summed E-state index contributed by atoms with van der Waals surface area (Å²) in [6, 6.07) is 7.64. The Hall–Kier alpha value is -1.70. The van der Waals surface area contributed by atoms with Crippen LogP contribution in [-0.2, 0) is 21.3 Å². The van der Waals surface area contributed by atoms with Gasteiger partial charge in [-0.1, -0.05) is 24.3 Å². The van der Waals surface area contributed by atoms with E-state index in [1.807, 2.05) is 24.3 Å². The van der Waals surface area contributed by atoms with Crippen molar-refractivity contribution in [1.29, 1.82) is 0 Å². The number of rotatable bonds is 6. The van der Waals surface area contributed by atoms with Crippen LogP contribution in [0.1, 0.15) is 18.4 Å². The molecule has 3 rings (SSSR count). The maximum absolute atomic E-state index is 12.3. The minimum Gasteiger partial charge on any atom is -0.381 e. The van der Waals surface area contributed by atoms with Gasteiger partial charge in [-0.3, -0.25) is 0 Å². The van der Waals surface area contributed by atoms with Crippen molar-refractivity contribution in [3.05, 3.63) is 42.2 Å². The van der Waals surface area contributed by atoms with Gasteiger partial charge in [0.25, 0.3) is 0 Å². The van der Waals surface area contributed by atoms with Crippen LogP contribution in [0.3, 0.4) is 0 Å². The summed E-state index contributed by atoms with van der Waals surface area (Å²) < 4.78 is 32.6. The zero-order valence-corrected chi connectivity index (χ0v) is 13.7. The highest BCUT2D eigenvalue weighted by atomic mass is 32.2. The molecule has 0 spiro atoms. The third-order valence-electron chi connectivity index (χ3n) is 3.96. The lowest BCUT2D eigenvalue weighted by Gasteiger charge is -2.22. The number of benzene rings is 1. The lowest BCUT2D eigenvalue weighted by molar-refractivity contribution is 0.0625. The van der Waals surface area contributed by atoms with Crippen molar-refractivity contribution >= 4 is 10.0 Å². The number of H-pyrrole nitrogens is 1. The maximum Gasteiger partial charge on any atom is 0.212 e. The summed E-state index contributed by atoms with van der Waals surface area (Å²) in [6.45, 7) is 1.52. The Kier molecular flexibility index (Phi) is 5.09. The molecule has 0 amide bonds. The summed E-state index contributed by atoms with van der Waals surface area (Å²) in [5.74, 6) is 0.942. The smallest absolute Gasteiger partial charge is 0.212 e. The van der Waals surface area contributed by atoms with Crippen LogP contribution in [0.4, 0.5) is 0 Å². The van der Waals surface area contributed by atoms with Crippen molar-refractivity contribution in [2.75, 3.05) is 19.0 Å². The molecule has 1 aromatic heterocycles. The van der Waals surface area contributed by atoms with Gasteiger partial charge in [-0.15, -0.1) is 0 Å². The van der Waals surface area contributed by atoms with Gasteiger partial charge in [0.2, 0.25) is 10.0 Å². The van der Waals surface area contributed by atoms with Crippen molar-refractivity contribution in [3.8, 4) is 11.4 Å². The molecule has 1 atom stereocenters. The molecule has 1 aromatic carbocycles. The third kappa shape index (κ3) is 4.40. The number of nitrogens with one attached hydrogen (secondary N) is 2. The predicted molar refractivity (Wildman–Crippen MR) is 88.2 cm³/mol. The van der Waals surface area contributed by atoms with Gasteiger partial charge in [0.15, 0.2) is 0 Å². The summed E-state index contributed by atoms with van der Waals surface area (Å²) in [4.78, 5) is 7.29. The van der Waals surface area contributed by atoms with Gasteiger partial charge < -0.3 is 9.72 Å². The molecule has 1 aliphatic heterocycles. The lowest BCUT2D eigenvalue weighted by atomic mass is 10.1. The lowest BCUT2D eigenvalue weighted by Crippen LogP contribution is -2.33. The van der Waals surface area contributed by atoms with Crippen molar-refractivity contribution < 1.29 is 13.2 Å². The molecule has 2 heterocycles. The van der Waals surface area contributed by atoms with Crippen LogP contribution < -0.4 is 4.72 Å². The normalized spacial score (nSPS) is 18.9. The second-order valence-corrected chi connectivity index (χ2v) is 7.63. The van der Waals surface area contributed by atoms with E-state index < -0.39 is 10.0 Å². The second-order valence-electron chi connectivity index (χ2n) is 5.78. The quantitative estimate of drug-likeness (QED) is 0.845. The number of aromatic amines is 1. The first-order valence-corrected chi connectivity index (χ1v) is 9.42. The fourth-order valence-electron chi connectivity index (χ4n) is 2.81. The Morgan fingerprint density at radius 2 is 2.22 bits per heavy atom. The molecule has 23 heavy (non-hydrogen) atoms. The van der Waals surface area contributed by atoms with Crippen LogP contribution in [0.2, 0.25) is 0 Å². The topological polar surface area (TPSA) is 84.1 Å². The summed E-state index contributed by atoms with van der Waals surface area (Å²) in [5, 5.41) is 0. The van der Waals surface area contributed by atoms with E-state index in [1.165, 1.54) is 0 Å². The Balaban J connectivity index is 1.66. The SMILES string of the molecule is O=S(=O)(CC1CCCOC1)NCc1ccccc1-c1ncc[nH]1. The molecule has 7 heteroatoms. The molecular formula is C16H21N3O3S. The van der Waals surface area contributed by atoms with Crippen LogP contribution in [0.5, 0.6) is 0 Å². The van der Waals surface area contributed by atoms with Gasteiger partial charge in [-0.2, -0.15) is 0 Å². The van der Waals surface area contributed by atoms with E-state index in [4.69, 9.17) is 4.74 Å². The Morgan fingerprint density at radius 1 is 1.35 bits per heavy atom. The standard InChI is InChI=1S/C16H21N3O3S/c20-23(21,12-13-4-3-9-22-11-13)19-10-14-5-1-2-6-15(14)16-17-7-8-18-16/h1-2,5-8,13,19H,3-4,9-12H2,(H,17,18). The predicted octanol–water partition coefficient (Wildman–Crippen LogP) is 1.92. The molecule has 6 nitrogen and oxygen atoms in total. The fraction of sp³-hybridized carbons (Fsp3) is 0.438. The van der Waals surface area contributed by atoms with Gasteiger partial charge in [0.05, 0.1) is 12.4 Å². The number of ether oxygens (including phenoxy) is 1. The zero-order chi connectivity index (χ0) is 16.1. The molecule has 0 saturated carbocycles. The summed E-state index contributed by atoms with van der Waals surface area (Å²) in [7, 11) is -3.33. The van der Waals surface area contributed by atoms with Crippen molar-refractivity contribution in [2.45, 2.75) is 19.4 Å². The highest BCUT2D eigenvalue weighted by molar-refractivity contribution is 7.89. The first kappa shape index (κ1) is 16.2. The van der Waals surface area contributed by atoms with Gasteiger partial charge in [-0.25, -0.2) is 18.1 Å². The fourth-order valence-corrected chi connectivity index (χ4v) is 4.19. The molecule has 1 saturated heterocycles. The average Bonchev–Trinajstić information content (AvgIpc) is 3.08. The van der Waals surface area contributed by atoms with Crippen LogP contribution >= 0.6 is 0 Å². The van der Waals surface area contributed by atoms with Gasteiger partial charge in [-0.05, 0) is 24.3 Å². The van der Waals surface area contributed by atoms with Crippen LogP contribution in [0, 0.1) is 5.92 Å². The van der Waals surface area contributed by atoms with Gasteiger partial charge in [0.1, 0.15) is 5.82 Å². The van der Waals surface area contributed by atoms with E-state index in [0.29, 0.717) is 6.61 Å². The summed E-state index contributed by atoms with van der Waals surface area (Å²) >= 11 is 0. The number of hydrogen-bond acceptors (Lipinski definition) is 4. The minimum absolute atomic E-state index is 0.0848. The van der Waals surface area contributed by atoms with Gasteiger partial charge in [0, 0.05) is 31.1 Å². The van der Waals surface area contributed by atoms with E-state index in [2.05, 4.69) is 14.7 Å². The Morgan fingerprint density at radius 3 is 2.96 bits per heavy atom. The second kappa shape index (κ2) is 7.25. The Labute approximate surface area is 136 Å². The van der Waals surface area contributed by atoms with Crippen LogP contribution in [0.25, 0.3) is 11.4 Å². The van der Waals surface area contributed by atoms with E-state index in [9.17, 15) is 8.42 Å². The Bertz CT molecular complexity index is 723. The molecule has 1 aliphatic rings.